The van der Waals surface area contributed by atoms with Crippen LogP contribution in [0.15, 0.2) is 42.5 Å². The number of hydrogen-bond donors (Lipinski definition) is 1. The van der Waals surface area contributed by atoms with E-state index >= 15 is 0 Å². The molecule has 1 heterocycles. The predicted octanol–water partition coefficient (Wildman–Crippen LogP) is 5.18. The summed E-state index contributed by atoms with van der Waals surface area (Å²) < 4.78 is 5.22. The largest absolute Gasteiger partial charge is 0.451 e. The lowest BCUT2D eigenvalue weighted by Crippen LogP contribution is -2.21. The summed E-state index contributed by atoms with van der Waals surface area (Å²) in [7, 11) is 0. The molecule has 5 nitrogen and oxygen atoms in total. The first-order chi connectivity index (χ1) is 13.3. The number of esters is 1. The van der Waals surface area contributed by atoms with Crippen molar-refractivity contribution in [1.29, 1.82) is 0 Å². The average Bonchev–Trinajstić information content (AvgIpc) is 3.05. The number of hydrogen-bond acceptors (Lipinski definition) is 5. The minimum atomic E-state index is -0.577. The molecule has 0 unspecified atom stereocenters. The number of aromatic nitrogens is 1. The van der Waals surface area contributed by atoms with Gasteiger partial charge in [0.25, 0.3) is 5.91 Å². The number of carbonyl (C=O) groups excluding carboxylic acids is 2. The van der Waals surface area contributed by atoms with E-state index in [-0.39, 0.29) is 0 Å². The highest BCUT2D eigenvalue weighted by Crippen LogP contribution is 2.29. The van der Waals surface area contributed by atoms with Gasteiger partial charge in [0, 0.05) is 5.56 Å². The Hall–Kier alpha value is -2.70. The van der Waals surface area contributed by atoms with Crippen LogP contribution in [0.3, 0.4) is 0 Å². The van der Waals surface area contributed by atoms with E-state index in [9.17, 15) is 9.59 Å². The van der Waals surface area contributed by atoms with Crippen LogP contribution in [-0.4, -0.2) is 23.5 Å². The number of aryl methyl sites for hydroxylation is 3. The molecule has 28 heavy (non-hydrogen) atoms. The van der Waals surface area contributed by atoms with E-state index in [1.54, 1.807) is 6.07 Å². The number of thiazole rings is 1. The van der Waals surface area contributed by atoms with Crippen molar-refractivity contribution < 1.29 is 14.3 Å². The standard InChI is InChI=1S/C21H19ClN2O3S/c1-12-9-13(2)18(16(22)10-12)24-17(25)11-27-21(26)20-19(23-14(3)28-20)15-7-5-4-6-8-15/h4-10H,11H2,1-3H3,(H,24,25). The summed E-state index contributed by atoms with van der Waals surface area (Å²) in [6.07, 6.45) is 0. The zero-order valence-electron chi connectivity index (χ0n) is 15.7. The van der Waals surface area contributed by atoms with Crippen molar-refractivity contribution in [2.45, 2.75) is 20.8 Å². The van der Waals surface area contributed by atoms with Gasteiger partial charge in [-0.3, -0.25) is 4.79 Å². The Kier molecular flexibility index (Phi) is 6.11. The third-order valence-corrected chi connectivity index (χ3v) is 5.25. The van der Waals surface area contributed by atoms with Crippen LogP contribution in [0.1, 0.15) is 25.8 Å². The van der Waals surface area contributed by atoms with Crippen LogP contribution in [0.4, 0.5) is 5.69 Å². The minimum Gasteiger partial charge on any atom is -0.451 e. The highest BCUT2D eigenvalue weighted by molar-refractivity contribution is 7.14. The molecule has 0 aliphatic carbocycles. The van der Waals surface area contributed by atoms with Crippen LogP contribution >= 0.6 is 22.9 Å². The first-order valence-electron chi connectivity index (χ1n) is 8.61. The first kappa shape index (κ1) is 20.0. The molecule has 0 aliphatic rings. The van der Waals surface area contributed by atoms with Gasteiger partial charge in [0.2, 0.25) is 0 Å². The Balaban J connectivity index is 1.69. The highest BCUT2D eigenvalue weighted by atomic mass is 35.5. The van der Waals surface area contributed by atoms with Crippen LogP contribution in [0.25, 0.3) is 11.3 Å². The second-order valence-electron chi connectivity index (χ2n) is 6.34. The maximum absolute atomic E-state index is 12.5. The van der Waals surface area contributed by atoms with E-state index in [4.69, 9.17) is 16.3 Å². The fraction of sp³-hybridized carbons (Fsp3) is 0.190. The normalized spacial score (nSPS) is 10.6. The number of ether oxygens (including phenoxy) is 1. The first-order valence-corrected chi connectivity index (χ1v) is 9.81. The molecule has 0 saturated carbocycles. The topological polar surface area (TPSA) is 68.3 Å². The van der Waals surface area contributed by atoms with Crippen molar-refractivity contribution in [1.82, 2.24) is 4.98 Å². The summed E-state index contributed by atoms with van der Waals surface area (Å²) in [6.45, 7) is 5.19. The number of nitrogens with zero attached hydrogens (tertiary/aromatic N) is 1. The summed E-state index contributed by atoms with van der Waals surface area (Å²) >= 11 is 7.44. The smallest absolute Gasteiger partial charge is 0.351 e. The molecule has 144 valence electrons. The number of halogens is 1. The molecule has 0 bridgehead atoms. The molecular formula is C21H19ClN2O3S. The molecule has 3 rings (SSSR count). The molecule has 0 spiro atoms. The molecule has 1 N–H and O–H groups in total. The van der Waals surface area contributed by atoms with Crippen LogP contribution in [0.5, 0.6) is 0 Å². The zero-order chi connectivity index (χ0) is 20.3. The molecule has 3 aromatic rings. The summed E-state index contributed by atoms with van der Waals surface area (Å²) in [5.41, 5.74) is 3.75. The van der Waals surface area contributed by atoms with Gasteiger partial charge in [-0.25, -0.2) is 9.78 Å². The fourth-order valence-corrected chi connectivity index (χ4v) is 4.01. The molecule has 1 amide bonds. The van der Waals surface area contributed by atoms with Gasteiger partial charge in [-0.2, -0.15) is 0 Å². The Labute approximate surface area is 172 Å². The van der Waals surface area contributed by atoms with Gasteiger partial charge in [0.1, 0.15) is 4.88 Å². The van der Waals surface area contributed by atoms with Crippen LogP contribution in [0.2, 0.25) is 5.02 Å². The van der Waals surface area contributed by atoms with E-state index in [1.165, 1.54) is 11.3 Å². The summed E-state index contributed by atoms with van der Waals surface area (Å²) in [6, 6.07) is 13.1. The molecule has 0 saturated heterocycles. The second-order valence-corrected chi connectivity index (χ2v) is 7.95. The number of anilines is 1. The van der Waals surface area contributed by atoms with Gasteiger partial charge in [-0.15, -0.1) is 11.3 Å². The van der Waals surface area contributed by atoms with Gasteiger partial charge >= 0.3 is 5.97 Å². The van der Waals surface area contributed by atoms with Crippen molar-refractivity contribution in [2.24, 2.45) is 0 Å². The average molecular weight is 415 g/mol. The maximum Gasteiger partial charge on any atom is 0.351 e. The maximum atomic E-state index is 12.5. The molecule has 7 heteroatoms. The Morgan fingerprint density at radius 3 is 2.54 bits per heavy atom. The van der Waals surface area contributed by atoms with Crippen molar-refractivity contribution in [3.63, 3.8) is 0 Å². The molecule has 1 aromatic heterocycles. The van der Waals surface area contributed by atoms with Crippen LogP contribution in [0, 0.1) is 20.8 Å². The molecular weight excluding hydrogens is 396 g/mol. The van der Waals surface area contributed by atoms with Crippen LogP contribution in [-0.2, 0) is 9.53 Å². The fourth-order valence-electron chi connectivity index (χ4n) is 2.80. The monoisotopic (exact) mass is 414 g/mol. The van der Waals surface area contributed by atoms with Gasteiger partial charge in [-0.05, 0) is 38.0 Å². The summed E-state index contributed by atoms with van der Waals surface area (Å²) in [5, 5.41) is 3.90. The van der Waals surface area contributed by atoms with Crippen molar-refractivity contribution in [3.8, 4) is 11.3 Å². The molecule has 0 fully saturated rings. The van der Waals surface area contributed by atoms with E-state index in [1.807, 2.05) is 57.2 Å². The Morgan fingerprint density at radius 1 is 1.14 bits per heavy atom. The number of nitrogens with one attached hydrogen (secondary N) is 1. The third kappa shape index (κ3) is 4.58. The third-order valence-electron chi connectivity index (χ3n) is 4.00. The van der Waals surface area contributed by atoms with Crippen LogP contribution < -0.4 is 5.32 Å². The SMILES string of the molecule is Cc1cc(C)c(NC(=O)COC(=O)c2sc(C)nc2-c2ccccc2)c(Cl)c1. The molecule has 0 aliphatic heterocycles. The van der Waals surface area contributed by atoms with E-state index in [0.717, 1.165) is 21.7 Å². The number of benzene rings is 2. The van der Waals surface area contributed by atoms with Gasteiger partial charge in [-0.1, -0.05) is 48.0 Å². The Bertz CT molecular complexity index is 1010. The van der Waals surface area contributed by atoms with Crippen molar-refractivity contribution in [3.05, 3.63) is 68.5 Å². The Morgan fingerprint density at radius 2 is 1.86 bits per heavy atom. The number of rotatable bonds is 5. The quantitative estimate of drug-likeness (QED) is 0.584. The van der Waals surface area contributed by atoms with Crippen molar-refractivity contribution in [2.75, 3.05) is 11.9 Å². The lowest BCUT2D eigenvalue weighted by molar-refractivity contribution is -0.119. The van der Waals surface area contributed by atoms with Gasteiger partial charge in [0.05, 0.1) is 21.4 Å². The summed E-state index contributed by atoms with van der Waals surface area (Å²) in [4.78, 5) is 29.6. The van der Waals surface area contributed by atoms with E-state index in [0.29, 0.717) is 21.3 Å². The molecule has 2 aromatic carbocycles. The lowest BCUT2D eigenvalue weighted by Gasteiger charge is -2.11. The van der Waals surface area contributed by atoms with E-state index < -0.39 is 18.5 Å². The molecule has 0 atom stereocenters. The van der Waals surface area contributed by atoms with Gasteiger partial charge in [0.15, 0.2) is 6.61 Å². The molecule has 0 radical (unpaired) electrons. The second kappa shape index (κ2) is 8.54. The number of amides is 1. The predicted molar refractivity (Wildman–Crippen MR) is 112 cm³/mol. The number of carbonyl (C=O) groups is 2. The highest BCUT2D eigenvalue weighted by Gasteiger charge is 2.20. The van der Waals surface area contributed by atoms with E-state index in [2.05, 4.69) is 10.3 Å². The lowest BCUT2D eigenvalue weighted by atomic mass is 10.1. The zero-order valence-corrected chi connectivity index (χ0v) is 17.3. The summed E-state index contributed by atoms with van der Waals surface area (Å²) in [5.74, 6) is -1.03. The van der Waals surface area contributed by atoms with Crippen molar-refractivity contribution >= 4 is 40.5 Å². The van der Waals surface area contributed by atoms with Gasteiger partial charge < -0.3 is 10.1 Å². The minimum absolute atomic E-state index is 0.376.